The van der Waals surface area contributed by atoms with Gasteiger partial charge in [-0.05, 0) is 43.3 Å². The Morgan fingerprint density at radius 1 is 0.958 bits per heavy atom. The second-order valence-electron chi connectivity index (χ2n) is 5.07. The Labute approximate surface area is 138 Å². The molecule has 2 N–H and O–H groups in total. The van der Waals surface area contributed by atoms with Crippen LogP contribution in [0.2, 0.25) is 0 Å². The topological polar surface area (TPSA) is 112 Å². The number of aromatic carboxylic acids is 1. The molecule has 0 saturated carbocycles. The highest BCUT2D eigenvalue weighted by Gasteiger charge is 2.27. The van der Waals surface area contributed by atoms with Crippen LogP contribution in [0.5, 0.6) is 0 Å². The highest BCUT2D eigenvalue weighted by atomic mass is 32.2. The number of anilines is 1. The van der Waals surface area contributed by atoms with Gasteiger partial charge in [0, 0.05) is 0 Å². The first kappa shape index (κ1) is 17.5. The highest BCUT2D eigenvalue weighted by molar-refractivity contribution is 7.92. The molecule has 8 heteroatoms. The predicted molar refractivity (Wildman–Crippen MR) is 86.7 cm³/mol. The molecule has 2 rings (SSSR count). The lowest BCUT2D eigenvalue weighted by Crippen LogP contribution is -2.35. The summed E-state index contributed by atoms with van der Waals surface area (Å²) in [6.45, 7) is 1.03. The summed E-state index contributed by atoms with van der Waals surface area (Å²) < 4.78 is 26.2. The minimum Gasteiger partial charge on any atom is -0.480 e. The van der Waals surface area contributed by atoms with E-state index in [0.717, 1.165) is 9.87 Å². The number of aryl methyl sites for hydroxylation is 1. The maximum atomic E-state index is 12.7. The number of nitrogens with zero attached hydrogens (tertiary/aromatic N) is 1. The molecular formula is C16H15NO6S. The maximum Gasteiger partial charge on any atom is 0.335 e. The Morgan fingerprint density at radius 2 is 1.50 bits per heavy atom. The SMILES string of the molecule is Cc1ccc(S(=O)(=O)N(CC(=O)O)c2ccc(C(=O)O)cc2)cc1. The average molecular weight is 349 g/mol. The zero-order valence-electron chi connectivity index (χ0n) is 12.7. The standard InChI is InChI=1S/C16H15NO6S/c1-11-2-8-14(9-3-11)24(22,23)17(10-15(18)19)13-6-4-12(5-7-13)16(20)21/h2-9H,10H2,1H3,(H,18,19)(H,20,21). The number of benzene rings is 2. The Hall–Kier alpha value is -2.87. The summed E-state index contributed by atoms with van der Waals surface area (Å²) in [6, 6.07) is 11.0. The minimum atomic E-state index is -4.09. The van der Waals surface area contributed by atoms with Gasteiger partial charge >= 0.3 is 11.9 Å². The molecule has 2 aromatic carbocycles. The predicted octanol–water partition coefficient (Wildman–Crippen LogP) is 1.97. The van der Waals surface area contributed by atoms with Crippen LogP contribution in [0.1, 0.15) is 15.9 Å². The van der Waals surface area contributed by atoms with Crippen LogP contribution >= 0.6 is 0 Å². The van der Waals surface area contributed by atoms with Gasteiger partial charge < -0.3 is 10.2 Å². The van der Waals surface area contributed by atoms with E-state index in [-0.39, 0.29) is 16.1 Å². The van der Waals surface area contributed by atoms with E-state index in [0.29, 0.717) is 0 Å². The van der Waals surface area contributed by atoms with Gasteiger partial charge in [0.2, 0.25) is 0 Å². The van der Waals surface area contributed by atoms with E-state index in [2.05, 4.69) is 0 Å². The minimum absolute atomic E-state index is 0.0261. The van der Waals surface area contributed by atoms with Crippen LogP contribution in [-0.4, -0.2) is 37.1 Å². The normalized spacial score (nSPS) is 11.0. The fourth-order valence-corrected chi connectivity index (χ4v) is 3.46. The van der Waals surface area contributed by atoms with Gasteiger partial charge in [0.1, 0.15) is 6.54 Å². The third kappa shape index (κ3) is 3.72. The van der Waals surface area contributed by atoms with Gasteiger partial charge in [-0.1, -0.05) is 17.7 Å². The molecule has 7 nitrogen and oxygen atoms in total. The molecule has 126 valence electrons. The molecule has 0 aliphatic carbocycles. The van der Waals surface area contributed by atoms with Crippen molar-refractivity contribution >= 4 is 27.6 Å². The van der Waals surface area contributed by atoms with Crippen LogP contribution in [0.3, 0.4) is 0 Å². The molecule has 0 aromatic heterocycles. The number of carbonyl (C=O) groups is 2. The number of hydrogen-bond donors (Lipinski definition) is 2. The van der Waals surface area contributed by atoms with Crippen molar-refractivity contribution in [3.63, 3.8) is 0 Å². The third-order valence-electron chi connectivity index (χ3n) is 3.29. The third-order valence-corrected chi connectivity index (χ3v) is 5.08. The van der Waals surface area contributed by atoms with Crippen LogP contribution in [0, 0.1) is 6.92 Å². The van der Waals surface area contributed by atoms with Crippen LogP contribution < -0.4 is 4.31 Å². The van der Waals surface area contributed by atoms with E-state index in [1.807, 2.05) is 0 Å². The lowest BCUT2D eigenvalue weighted by molar-refractivity contribution is -0.135. The van der Waals surface area contributed by atoms with Crippen molar-refractivity contribution in [2.24, 2.45) is 0 Å². The Bertz CT molecular complexity index is 856. The lowest BCUT2D eigenvalue weighted by Gasteiger charge is -2.23. The van der Waals surface area contributed by atoms with E-state index in [1.54, 1.807) is 19.1 Å². The molecule has 0 bridgehead atoms. The smallest absolute Gasteiger partial charge is 0.335 e. The Balaban J connectivity index is 2.49. The number of sulfonamides is 1. The number of hydrogen-bond acceptors (Lipinski definition) is 4. The molecular weight excluding hydrogens is 334 g/mol. The first-order valence-corrected chi connectivity index (χ1v) is 8.30. The van der Waals surface area contributed by atoms with E-state index in [1.165, 1.54) is 36.4 Å². The quantitative estimate of drug-likeness (QED) is 0.824. The van der Waals surface area contributed by atoms with Gasteiger partial charge in [-0.2, -0.15) is 0 Å². The average Bonchev–Trinajstić information content (AvgIpc) is 2.53. The molecule has 0 radical (unpaired) electrons. The zero-order valence-corrected chi connectivity index (χ0v) is 13.5. The van der Waals surface area contributed by atoms with Crippen LogP contribution in [0.15, 0.2) is 53.4 Å². The summed E-state index contributed by atoms with van der Waals surface area (Å²) in [7, 11) is -4.09. The molecule has 0 fully saturated rings. The summed E-state index contributed by atoms with van der Waals surface area (Å²) in [5, 5.41) is 17.9. The first-order valence-electron chi connectivity index (χ1n) is 6.86. The Morgan fingerprint density at radius 3 is 1.96 bits per heavy atom. The number of aliphatic carboxylic acids is 1. The summed E-state index contributed by atoms with van der Waals surface area (Å²) in [5.74, 6) is -2.49. The molecule has 0 aliphatic heterocycles. The number of carboxylic acids is 2. The van der Waals surface area contributed by atoms with Gasteiger partial charge in [0.15, 0.2) is 0 Å². The molecule has 0 spiro atoms. The maximum absolute atomic E-state index is 12.7. The summed E-state index contributed by atoms with van der Waals surface area (Å²) in [6.07, 6.45) is 0. The lowest BCUT2D eigenvalue weighted by atomic mass is 10.2. The summed E-state index contributed by atoms with van der Waals surface area (Å²) in [4.78, 5) is 21.9. The Kier molecular flexibility index (Phi) is 4.89. The van der Waals surface area contributed by atoms with Crippen LogP contribution in [0.4, 0.5) is 5.69 Å². The summed E-state index contributed by atoms with van der Waals surface area (Å²) in [5.41, 5.74) is 0.911. The molecule has 0 heterocycles. The van der Waals surface area contributed by atoms with Crippen molar-refractivity contribution in [1.29, 1.82) is 0 Å². The highest BCUT2D eigenvalue weighted by Crippen LogP contribution is 2.24. The van der Waals surface area contributed by atoms with Crippen LogP contribution in [-0.2, 0) is 14.8 Å². The van der Waals surface area contributed by atoms with E-state index in [4.69, 9.17) is 10.2 Å². The van der Waals surface area contributed by atoms with E-state index in [9.17, 15) is 18.0 Å². The number of rotatable bonds is 6. The fourth-order valence-electron chi connectivity index (χ4n) is 2.05. The van der Waals surface area contributed by atoms with E-state index >= 15 is 0 Å². The molecule has 0 atom stereocenters. The van der Waals surface area contributed by atoms with Crippen molar-refractivity contribution < 1.29 is 28.2 Å². The molecule has 0 saturated heterocycles. The van der Waals surface area contributed by atoms with Crippen molar-refractivity contribution in [2.75, 3.05) is 10.8 Å². The molecule has 0 aliphatic rings. The van der Waals surface area contributed by atoms with Gasteiger partial charge in [-0.25, -0.2) is 13.2 Å². The largest absolute Gasteiger partial charge is 0.480 e. The van der Waals surface area contributed by atoms with Gasteiger partial charge in [0.05, 0.1) is 16.1 Å². The van der Waals surface area contributed by atoms with Gasteiger partial charge in [-0.3, -0.25) is 9.10 Å². The molecule has 24 heavy (non-hydrogen) atoms. The van der Waals surface area contributed by atoms with Gasteiger partial charge in [0.25, 0.3) is 10.0 Å². The monoisotopic (exact) mass is 349 g/mol. The van der Waals surface area contributed by atoms with Crippen molar-refractivity contribution in [3.8, 4) is 0 Å². The second kappa shape index (κ2) is 6.71. The van der Waals surface area contributed by atoms with Crippen molar-refractivity contribution in [1.82, 2.24) is 0 Å². The first-order chi connectivity index (χ1) is 11.2. The fraction of sp³-hybridized carbons (Fsp3) is 0.125. The van der Waals surface area contributed by atoms with Gasteiger partial charge in [-0.15, -0.1) is 0 Å². The summed E-state index contributed by atoms with van der Waals surface area (Å²) >= 11 is 0. The van der Waals surface area contributed by atoms with Crippen molar-refractivity contribution in [3.05, 3.63) is 59.7 Å². The molecule has 0 amide bonds. The molecule has 2 aromatic rings. The number of carboxylic acid groups (broad SMARTS) is 2. The van der Waals surface area contributed by atoms with E-state index < -0.39 is 28.5 Å². The van der Waals surface area contributed by atoms with Crippen molar-refractivity contribution in [2.45, 2.75) is 11.8 Å². The van der Waals surface area contributed by atoms with Crippen LogP contribution in [0.25, 0.3) is 0 Å². The zero-order chi connectivity index (χ0) is 17.9. The molecule has 0 unspecified atom stereocenters. The second-order valence-corrected chi connectivity index (χ2v) is 6.93.